The zero-order valence-corrected chi connectivity index (χ0v) is 13.4. The van der Waals surface area contributed by atoms with Crippen LogP contribution in [0.2, 0.25) is 0 Å². The fourth-order valence-corrected chi connectivity index (χ4v) is 2.40. The lowest BCUT2D eigenvalue weighted by Crippen LogP contribution is -2.41. The van der Waals surface area contributed by atoms with Crippen LogP contribution in [0, 0.1) is 0 Å². The van der Waals surface area contributed by atoms with Crippen molar-refractivity contribution in [2.24, 2.45) is 0 Å². The van der Waals surface area contributed by atoms with Crippen molar-refractivity contribution in [2.45, 2.75) is 25.8 Å². The van der Waals surface area contributed by atoms with E-state index in [1.165, 1.54) is 0 Å². The third kappa shape index (κ3) is 5.38. The molecule has 112 valence electrons. The van der Waals surface area contributed by atoms with Gasteiger partial charge >= 0.3 is 6.03 Å². The van der Waals surface area contributed by atoms with Crippen molar-refractivity contribution in [3.05, 3.63) is 28.2 Å². The molecule has 0 spiro atoms. The molecule has 1 aromatic rings. The van der Waals surface area contributed by atoms with Crippen molar-refractivity contribution in [3.63, 3.8) is 0 Å². The van der Waals surface area contributed by atoms with Crippen LogP contribution in [-0.2, 0) is 6.42 Å². The van der Waals surface area contributed by atoms with Crippen LogP contribution in [-0.4, -0.2) is 37.4 Å². The molecule has 0 aliphatic rings. The molecule has 0 aliphatic heterocycles. The second-order valence-electron chi connectivity index (χ2n) is 4.50. The fourth-order valence-electron chi connectivity index (χ4n) is 1.83. The summed E-state index contributed by atoms with van der Waals surface area (Å²) in [6.07, 6.45) is 1.23. The summed E-state index contributed by atoms with van der Waals surface area (Å²) in [5.74, 6) is 0.795. The monoisotopic (exact) mass is 344 g/mol. The molecule has 0 fully saturated rings. The molecule has 0 radical (unpaired) electrons. The van der Waals surface area contributed by atoms with Crippen molar-refractivity contribution >= 4 is 22.0 Å². The van der Waals surface area contributed by atoms with Gasteiger partial charge in [0.25, 0.3) is 0 Å². The number of aliphatic hydroxyl groups excluding tert-OH is 1. The Labute approximate surface area is 127 Å². The van der Waals surface area contributed by atoms with Crippen molar-refractivity contribution < 1.29 is 14.6 Å². The van der Waals surface area contributed by atoms with E-state index in [4.69, 9.17) is 9.84 Å². The van der Waals surface area contributed by atoms with E-state index in [0.717, 1.165) is 15.8 Å². The van der Waals surface area contributed by atoms with Crippen molar-refractivity contribution in [2.75, 3.05) is 20.3 Å². The number of carbonyl (C=O) groups excluding carboxylic acids is 1. The van der Waals surface area contributed by atoms with Crippen molar-refractivity contribution in [1.82, 2.24) is 10.6 Å². The number of amides is 2. The predicted molar refractivity (Wildman–Crippen MR) is 82.1 cm³/mol. The van der Waals surface area contributed by atoms with E-state index >= 15 is 0 Å². The molecule has 5 nitrogen and oxygen atoms in total. The third-order valence-corrected chi connectivity index (χ3v) is 3.50. The summed E-state index contributed by atoms with van der Waals surface area (Å²) in [5, 5.41) is 14.3. The first-order valence-electron chi connectivity index (χ1n) is 6.55. The van der Waals surface area contributed by atoms with Crippen LogP contribution < -0.4 is 15.4 Å². The number of aliphatic hydroxyl groups is 1. The summed E-state index contributed by atoms with van der Waals surface area (Å²) in [4.78, 5) is 11.6. The number of methoxy groups -OCH3 is 1. The van der Waals surface area contributed by atoms with Gasteiger partial charge in [-0.25, -0.2) is 4.79 Å². The lowest BCUT2D eigenvalue weighted by atomic mass is 10.1. The molecule has 0 bridgehead atoms. The standard InChI is InChI=1S/C14H21BrN2O3/c1-10(7-9-18)17-14(19)16-8-6-11-4-3-5-12(15)13(11)20-2/h3-5,10,18H,6-9H2,1-2H3,(H2,16,17,19)/t10-/m1/s1. The van der Waals surface area contributed by atoms with Gasteiger partial charge in [0.2, 0.25) is 0 Å². The fraction of sp³-hybridized carbons (Fsp3) is 0.500. The highest BCUT2D eigenvalue weighted by molar-refractivity contribution is 9.10. The van der Waals surface area contributed by atoms with E-state index in [1.54, 1.807) is 7.11 Å². The summed E-state index contributed by atoms with van der Waals surface area (Å²) in [6.45, 7) is 2.44. The highest BCUT2D eigenvalue weighted by atomic mass is 79.9. The number of rotatable bonds is 7. The van der Waals surface area contributed by atoms with Gasteiger partial charge in [-0.2, -0.15) is 0 Å². The van der Waals surface area contributed by atoms with E-state index in [2.05, 4.69) is 26.6 Å². The van der Waals surface area contributed by atoms with Crippen molar-refractivity contribution in [3.8, 4) is 5.75 Å². The van der Waals surface area contributed by atoms with Gasteiger partial charge in [0.1, 0.15) is 5.75 Å². The number of hydrogen-bond acceptors (Lipinski definition) is 3. The summed E-state index contributed by atoms with van der Waals surface area (Å²) >= 11 is 3.43. The Morgan fingerprint density at radius 1 is 1.50 bits per heavy atom. The molecule has 20 heavy (non-hydrogen) atoms. The molecule has 0 heterocycles. The molecular weight excluding hydrogens is 324 g/mol. The lowest BCUT2D eigenvalue weighted by molar-refractivity contribution is 0.231. The number of halogens is 1. The quantitative estimate of drug-likeness (QED) is 0.709. The van der Waals surface area contributed by atoms with Crippen LogP contribution in [0.3, 0.4) is 0 Å². The van der Waals surface area contributed by atoms with E-state index in [1.807, 2.05) is 25.1 Å². The minimum absolute atomic E-state index is 0.0413. The van der Waals surface area contributed by atoms with E-state index in [-0.39, 0.29) is 18.7 Å². The Morgan fingerprint density at radius 3 is 2.90 bits per heavy atom. The maximum absolute atomic E-state index is 11.6. The van der Waals surface area contributed by atoms with E-state index < -0.39 is 0 Å². The predicted octanol–water partition coefficient (Wildman–Crippen LogP) is 2.07. The normalized spacial score (nSPS) is 11.8. The molecule has 0 saturated carbocycles. The number of urea groups is 1. The Bertz CT molecular complexity index is 440. The molecular formula is C14H21BrN2O3. The largest absolute Gasteiger partial charge is 0.495 e. The smallest absolute Gasteiger partial charge is 0.315 e. The number of nitrogens with one attached hydrogen (secondary N) is 2. The second kappa shape index (κ2) is 8.81. The van der Waals surface area contributed by atoms with Crippen LogP contribution in [0.4, 0.5) is 4.79 Å². The van der Waals surface area contributed by atoms with Gasteiger partial charge in [-0.3, -0.25) is 0 Å². The Morgan fingerprint density at radius 2 is 2.25 bits per heavy atom. The first-order valence-corrected chi connectivity index (χ1v) is 7.34. The minimum Gasteiger partial charge on any atom is -0.495 e. The number of para-hydroxylation sites is 1. The van der Waals surface area contributed by atoms with Gasteiger partial charge in [-0.15, -0.1) is 0 Å². The van der Waals surface area contributed by atoms with Crippen LogP contribution in [0.1, 0.15) is 18.9 Å². The Hall–Kier alpha value is -1.27. The summed E-state index contributed by atoms with van der Waals surface area (Å²) < 4.78 is 6.23. The van der Waals surface area contributed by atoms with Crippen LogP contribution >= 0.6 is 15.9 Å². The average Bonchev–Trinajstić information content (AvgIpc) is 2.39. The molecule has 0 saturated heterocycles. The molecule has 1 atom stereocenters. The molecule has 1 aromatic carbocycles. The topological polar surface area (TPSA) is 70.6 Å². The van der Waals surface area contributed by atoms with Gasteiger partial charge in [0.05, 0.1) is 11.6 Å². The lowest BCUT2D eigenvalue weighted by Gasteiger charge is -2.14. The summed E-state index contributed by atoms with van der Waals surface area (Å²) in [6, 6.07) is 5.56. The Kier molecular flexibility index (Phi) is 7.40. The minimum atomic E-state index is -0.222. The van der Waals surface area contributed by atoms with Gasteiger partial charge in [-0.05, 0) is 47.3 Å². The summed E-state index contributed by atoms with van der Waals surface area (Å²) in [5.41, 5.74) is 1.03. The molecule has 3 N–H and O–H groups in total. The van der Waals surface area contributed by atoms with Crippen molar-refractivity contribution in [1.29, 1.82) is 0 Å². The number of benzene rings is 1. The Balaban J connectivity index is 2.41. The molecule has 6 heteroatoms. The number of ether oxygens (including phenoxy) is 1. The number of carbonyl (C=O) groups is 1. The maximum Gasteiger partial charge on any atom is 0.315 e. The molecule has 1 rings (SSSR count). The van der Waals surface area contributed by atoms with Gasteiger partial charge < -0.3 is 20.5 Å². The first-order chi connectivity index (χ1) is 9.58. The van der Waals surface area contributed by atoms with Gasteiger partial charge in [0.15, 0.2) is 0 Å². The number of hydrogen-bond donors (Lipinski definition) is 3. The van der Waals surface area contributed by atoms with Gasteiger partial charge in [-0.1, -0.05) is 12.1 Å². The van der Waals surface area contributed by atoms with Crippen LogP contribution in [0.15, 0.2) is 22.7 Å². The van der Waals surface area contributed by atoms with E-state index in [0.29, 0.717) is 19.4 Å². The molecule has 2 amide bonds. The molecule has 0 aromatic heterocycles. The molecule has 0 unspecified atom stereocenters. The zero-order valence-electron chi connectivity index (χ0n) is 11.8. The first kappa shape index (κ1) is 16.8. The second-order valence-corrected chi connectivity index (χ2v) is 5.35. The molecule has 0 aliphatic carbocycles. The van der Waals surface area contributed by atoms with E-state index in [9.17, 15) is 4.79 Å². The SMILES string of the molecule is COc1c(Br)cccc1CCNC(=O)N[C@H](C)CCO. The highest BCUT2D eigenvalue weighted by Gasteiger charge is 2.08. The van der Waals surface area contributed by atoms with Crippen LogP contribution in [0.5, 0.6) is 5.75 Å². The average molecular weight is 345 g/mol. The summed E-state index contributed by atoms with van der Waals surface area (Å²) in [7, 11) is 1.63. The zero-order chi connectivity index (χ0) is 15.0. The van der Waals surface area contributed by atoms with Crippen LogP contribution in [0.25, 0.3) is 0 Å². The maximum atomic E-state index is 11.6. The highest BCUT2D eigenvalue weighted by Crippen LogP contribution is 2.28. The van der Waals surface area contributed by atoms with Gasteiger partial charge in [0, 0.05) is 19.2 Å². The third-order valence-electron chi connectivity index (χ3n) is 2.87.